The van der Waals surface area contributed by atoms with Gasteiger partial charge in [-0.05, 0) is 29.2 Å². The van der Waals surface area contributed by atoms with Crippen LogP contribution in [0, 0.1) is 11.3 Å². The van der Waals surface area contributed by atoms with E-state index >= 15 is 0 Å². The van der Waals surface area contributed by atoms with Gasteiger partial charge in [0.15, 0.2) is 0 Å². The predicted molar refractivity (Wildman–Crippen MR) is 60.7 cm³/mol. The van der Waals surface area contributed by atoms with Crippen molar-refractivity contribution in [2.75, 3.05) is 6.61 Å². The van der Waals surface area contributed by atoms with Crippen molar-refractivity contribution >= 4 is 0 Å². The van der Waals surface area contributed by atoms with Crippen LogP contribution >= 0.6 is 0 Å². The average Bonchev–Trinajstić information content (AvgIpc) is 2.26. The first kappa shape index (κ1) is 11.7. The summed E-state index contributed by atoms with van der Waals surface area (Å²) in [6, 6.07) is 7.84. The lowest BCUT2D eigenvalue weighted by Gasteiger charge is -2.17. The first-order valence-electron chi connectivity index (χ1n) is 5.25. The van der Waals surface area contributed by atoms with Gasteiger partial charge in [0.05, 0.1) is 11.6 Å². The highest BCUT2D eigenvalue weighted by molar-refractivity contribution is 5.41. The third kappa shape index (κ3) is 2.57. The summed E-state index contributed by atoms with van der Waals surface area (Å²) in [5.41, 5.74) is 2.97. The van der Waals surface area contributed by atoms with E-state index in [1.807, 2.05) is 25.1 Å². The van der Waals surface area contributed by atoms with Gasteiger partial charge in [-0.1, -0.05) is 26.8 Å². The summed E-state index contributed by atoms with van der Waals surface area (Å²) >= 11 is 0. The van der Waals surface area contributed by atoms with Crippen LogP contribution in [0.2, 0.25) is 0 Å². The van der Waals surface area contributed by atoms with Crippen molar-refractivity contribution in [3.05, 3.63) is 34.9 Å². The molecule has 1 aromatic rings. The molecule has 0 saturated heterocycles. The van der Waals surface area contributed by atoms with Crippen molar-refractivity contribution in [3.8, 4) is 6.07 Å². The first-order valence-corrected chi connectivity index (χ1v) is 5.25. The van der Waals surface area contributed by atoms with E-state index < -0.39 is 0 Å². The maximum absolute atomic E-state index is 9.18. The standard InChI is InChI=1S/C13H17NO/c1-9(2)12-5-4-11(7-14)6-13(12)10(3)8-15/h4-6,9-10,15H,8H2,1-3H3. The molecule has 0 fully saturated rings. The maximum atomic E-state index is 9.18. The van der Waals surface area contributed by atoms with Crippen LogP contribution in [0.5, 0.6) is 0 Å². The maximum Gasteiger partial charge on any atom is 0.0991 e. The van der Waals surface area contributed by atoms with Crippen LogP contribution in [0.3, 0.4) is 0 Å². The lowest BCUT2D eigenvalue weighted by Crippen LogP contribution is -2.05. The van der Waals surface area contributed by atoms with Gasteiger partial charge in [0.2, 0.25) is 0 Å². The number of nitrogens with zero attached hydrogens (tertiary/aromatic N) is 1. The van der Waals surface area contributed by atoms with E-state index in [1.165, 1.54) is 5.56 Å². The summed E-state index contributed by atoms with van der Waals surface area (Å²) in [4.78, 5) is 0. The quantitative estimate of drug-likeness (QED) is 0.820. The van der Waals surface area contributed by atoms with Gasteiger partial charge in [-0.15, -0.1) is 0 Å². The molecule has 1 rings (SSSR count). The second-order valence-corrected chi connectivity index (χ2v) is 4.19. The molecule has 2 nitrogen and oxygen atoms in total. The second kappa shape index (κ2) is 4.95. The van der Waals surface area contributed by atoms with Crippen LogP contribution in [-0.4, -0.2) is 11.7 Å². The van der Waals surface area contributed by atoms with Crippen LogP contribution in [0.1, 0.15) is 49.3 Å². The van der Waals surface area contributed by atoms with Gasteiger partial charge >= 0.3 is 0 Å². The molecule has 0 aliphatic carbocycles. The summed E-state index contributed by atoms with van der Waals surface area (Å²) in [5.74, 6) is 0.512. The van der Waals surface area contributed by atoms with Crippen LogP contribution in [0.15, 0.2) is 18.2 Å². The van der Waals surface area contributed by atoms with Crippen LogP contribution < -0.4 is 0 Å². The van der Waals surface area contributed by atoms with E-state index in [0.717, 1.165) is 5.56 Å². The molecule has 0 heterocycles. The number of benzene rings is 1. The Morgan fingerprint density at radius 3 is 2.40 bits per heavy atom. The minimum absolute atomic E-state index is 0.0932. The van der Waals surface area contributed by atoms with Crippen molar-refractivity contribution in [1.82, 2.24) is 0 Å². The lowest BCUT2D eigenvalue weighted by molar-refractivity contribution is 0.272. The molecule has 0 aromatic heterocycles. The van der Waals surface area contributed by atoms with Gasteiger partial charge in [-0.3, -0.25) is 0 Å². The van der Waals surface area contributed by atoms with E-state index in [2.05, 4.69) is 19.9 Å². The smallest absolute Gasteiger partial charge is 0.0991 e. The Labute approximate surface area is 91.2 Å². The molecule has 0 radical (unpaired) electrons. The van der Waals surface area contributed by atoms with E-state index in [0.29, 0.717) is 11.5 Å². The number of hydrogen-bond donors (Lipinski definition) is 1. The van der Waals surface area contributed by atoms with Crippen LogP contribution in [0.25, 0.3) is 0 Å². The first-order chi connectivity index (χ1) is 7.10. The molecule has 1 aromatic carbocycles. The fraction of sp³-hybridized carbons (Fsp3) is 0.462. The Morgan fingerprint density at radius 2 is 1.93 bits per heavy atom. The summed E-state index contributed by atoms with van der Waals surface area (Å²) in [6.07, 6.45) is 0. The van der Waals surface area contributed by atoms with Crippen molar-refractivity contribution in [3.63, 3.8) is 0 Å². The van der Waals surface area contributed by atoms with E-state index in [9.17, 15) is 5.11 Å². The van der Waals surface area contributed by atoms with E-state index in [1.54, 1.807) is 0 Å². The minimum Gasteiger partial charge on any atom is -0.396 e. The largest absolute Gasteiger partial charge is 0.396 e. The number of aliphatic hydroxyl groups excluding tert-OH is 1. The Morgan fingerprint density at radius 1 is 1.27 bits per heavy atom. The molecule has 0 spiro atoms. The molecule has 1 N–H and O–H groups in total. The fourth-order valence-electron chi connectivity index (χ4n) is 1.70. The van der Waals surface area contributed by atoms with Crippen molar-refractivity contribution < 1.29 is 5.11 Å². The van der Waals surface area contributed by atoms with Crippen molar-refractivity contribution in [2.45, 2.75) is 32.6 Å². The molecule has 1 atom stereocenters. The molecule has 0 saturated carbocycles. The zero-order valence-corrected chi connectivity index (χ0v) is 9.49. The van der Waals surface area contributed by atoms with Gasteiger partial charge < -0.3 is 5.11 Å². The summed E-state index contributed by atoms with van der Waals surface area (Å²) < 4.78 is 0. The molecule has 0 bridgehead atoms. The Bertz CT molecular complexity index is 377. The monoisotopic (exact) mass is 203 g/mol. The molecular weight excluding hydrogens is 186 g/mol. The molecule has 0 aliphatic rings. The highest BCUT2D eigenvalue weighted by Gasteiger charge is 2.12. The number of nitriles is 1. The Hall–Kier alpha value is -1.33. The molecule has 2 heteroatoms. The topological polar surface area (TPSA) is 44.0 Å². The summed E-state index contributed by atoms with van der Waals surface area (Å²) in [6.45, 7) is 6.33. The predicted octanol–water partition coefficient (Wildman–Crippen LogP) is 2.78. The van der Waals surface area contributed by atoms with Crippen molar-refractivity contribution in [2.24, 2.45) is 0 Å². The Kier molecular flexibility index (Phi) is 3.88. The third-order valence-corrected chi connectivity index (χ3v) is 2.64. The van der Waals surface area contributed by atoms with Crippen molar-refractivity contribution in [1.29, 1.82) is 5.26 Å². The molecule has 1 unspecified atom stereocenters. The zero-order chi connectivity index (χ0) is 11.4. The second-order valence-electron chi connectivity index (χ2n) is 4.19. The SMILES string of the molecule is CC(C)c1ccc(C#N)cc1C(C)CO. The third-order valence-electron chi connectivity index (χ3n) is 2.64. The average molecular weight is 203 g/mol. The van der Waals surface area contributed by atoms with E-state index in [4.69, 9.17) is 5.26 Å². The minimum atomic E-state index is 0.0932. The van der Waals surface area contributed by atoms with Gasteiger partial charge in [0.25, 0.3) is 0 Å². The molecule has 0 aliphatic heterocycles. The molecular formula is C13H17NO. The molecule has 0 amide bonds. The number of hydrogen-bond acceptors (Lipinski definition) is 2. The number of aliphatic hydroxyl groups is 1. The van der Waals surface area contributed by atoms with Crippen LogP contribution in [0.4, 0.5) is 0 Å². The highest BCUT2D eigenvalue weighted by Crippen LogP contribution is 2.26. The molecule has 80 valence electrons. The Balaban J connectivity index is 3.23. The van der Waals surface area contributed by atoms with E-state index in [-0.39, 0.29) is 12.5 Å². The zero-order valence-electron chi connectivity index (χ0n) is 9.49. The molecule has 15 heavy (non-hydrogen) atoms. The number of rotatable bonds is 3. The van der Waals surface area contributed by atoms with Gasteiger partial charge in [-0.25, -0.2) is 0 Å². The summed E-state index contributed by atoms with van der Waals surface area (Å²) in [7, 11) is 0. The summed E-state index contributed by atoms with van der Waals surface area (Å²) in [5, 5.41) is 18.0. The fourth-order valence-corrected chi connectivity index (χ4v) is 1.70. The van der Waals surface area contributed by atoms with Gasteiger partial charge in [0, 0.05) is 12.5 Å². The highest BCUT2D eigenvalue weighted by atomic mass is 16.3. The van der Waals surface area contributed by atoms with Gasteiger partial charge in [-0.2, -0.15) is 5.26 Å². The van der Waals surface area contributed by atoms with Crippen LogP contribution in [-0.2, 0) is 0 Å². The van der Waals surface area contributed by atoms with Gasteiger partial charge in [0.1, 0.15) is 0 Å². The normalized spacial score (nSPS) is 12.5. The lowest BCUT2D eigenvalue weighted by atomic mass is 9.89.